The lowest BCUT2D eigenvalue weighted by molar-refractivity contribution is -0.121. The third-order valence-electron chi connectivity index (χ3n) is 6.97. The van der Waals surface area contributed by atoms with Crippen LogP contribution in [-0.4, -0.2) is 27.8 Å². The first-order chi connectivity index (χ1) is 15.1. The van der Waals surface area contributed by atoms with E-state index >= 15 is 0 Å². The van der Waals surface area contributed by atoms with Gasteiger partial charge in [-0.25, -0.2) is 4.39 Å². The minimum Gasteiger partial charge on any atom is -0.340 e. The first-order valence-corrected chi connectivity index (χ1v) is 10.7. The minimum atomic E-state index is -0.888. The second kappa shape index (κ2) is 6.54. The number of rotatable bonds is 3. The number of carbonyl (C=O) groups is 2. The van der Waals surface area contributed by atoms with E-state index in [0.29, 0.717) is 24.7 Å². The molecule has 2 aromatic carbocycles. The van der Waals surface area contributed by atoms with Crippen LogP contribution in [0.5, 0.6) is 0 Å². The summed E-state index contributed by atoms with van der Waals surface area (Å²) in [5.41, 5.74) is 2.22. The van der Waals surface area contributed by atoms with E-state index in [9.17, 15) is 14.0 Å². The van der Waals surface area contributed by atoms with Crippen LogP contribution < -0.4 is 5.32 Å². The molecule has 3 aliphatic rings. The average Bonchev–Trinajstić information content (AvgIpc) is 3.26. The molecule has 3 aromatic rings. The molecule has 1 saturated heterocycles. The Morgan fingerprint density at radius 2 is 1.81 bits per heavy atom. The summed E-state index contributed by atoms with van der Waals surface area (Å²) in [6.45, 7) is 0.457. The molecule has 6 rings (SSSR count). The van der Waals surface area contributed by atoms with E-state index in [2.05, 4.69) is 9.88 Å². The van der Waals surface area contributed by atoms with Crippen LogP contribution in [-0.2, 0) is 10.2 Å². The predicted molar refractivity (Wildman–Crippen MR) is 114 cm³/mol. The lowest BCUT2D eigenvalue weighted by Gasteiger charge is -2.34. The van der Waals surface area contributed by atoms with Crippen molar-refractivity contribution in [2.45, 2.75) is 36.8 Å². The number of aromatic nitrogens is 1. The van der Waals surface area contributed by atoms with Gasteiger partial charge in [0.25, 0.3) is 5.91 Å². The minimum absolute atomic E-state index is 0.0831. The van der Waals surface area contributed by atoms with Gasteiger partial charge in [0.1, 0.15) is 16.9 Å². The van der Waals surface area contributed by atoms with Gasteiger partial charge >= 0.3 is 0 Å². The fourth-order valence-corrected chi connectivity index (χ4v) is 5.41. The molecule has 3 heterocycles. The normalized spacial score (nSPS) is 24.5. The highest BCUT2D eigenvalue weighted by Gasteiger charge is 2.59. The fraction of sp³-hybridized carbons (Fsp3) is 0.280. The zero-order chi connectivity index (χ0) is 21.2. The third-order valence-corrected chi connectivity index (χ3v) is 6.97. The predicted octanol–water partition coefficient (Wildman–Crippen LogP) is 4.44. The van der Waals surface area contributed by atoms with E-state index in [0.717, 1.165) is 29.7 Å². The summed E-state index contributed by atoms with van der Waals surface area (Å²) in [6.07, 6.45) is 4.64. The number of carbonyl (C=O) groups excluding carboxylic acids is 2. The van der Waals surface area contributed by atoms with E-state index in [1.54, 1.807) is 12.1 Å². The molecule has 1 aromatic heterocycles. The first-order valence-electron chi connectivity index (χ1n) is 10.7. The molecule has 2 fully saturated rings. The molecule has 0 unspecified atom stereocenters. The maximum atomic E-state index is 13.8. The number of amides is 2. The zero-order valence-electron chi connectivity index (χ0n) is 16.9. The molecule has 1 spiro atoms. The Labute approximate surface area is 179 Å². The van der Waals surface area contributed by atoms with Gasteiger partial charge in [0.15, 0.2) is 0 Å². The smallest absolute Gasteiger partial charge is 0.271 e. The van der Waals surface area contributed by atoms with Crippen molar-refractivity contribution < 1.29 is 14.0 Å². The Morgan fingerprint density at radius 3 is 2.58 bits per heavy atom. The van der Waals surface area contributed by atoms with Crippen LogP contribution in [0.3, 0.4) is 0 Å². The summed E-state index contributed by atoms with van der Waals surface area (Å²) in [7, 11) is 0. The van der Waals surface area contributed by atoms with Crippen molar-refractivity contribution >= 4 is 17.5 Å². The molecule has 0 bridgehead atoms. The van der Waals surface area contributed by atoms with Crippen molar-refractivity contribution in [3.63, 3.8) is 0 Å². The number of anilines is 1. The molecule has 1 N–H and O–H groups in total. The molecule has 5 nitrogen and oxygen atoms in total. The molecule has 2 atom stereocenters. The van der Waals surface area contributed by atoms with Crippen molar-refractivity contribution in [3.05, 3.63) is 89.5 Å². The number of para-hydroxylation sites is 1. The molecule has 0 radical (unpaired) electrons. The first kappa shape index (κ1) is 18.4. The van der Waals surface area contributed by atoms with Crippen molar-refractivity contribution in [2.24, 2.45) is 0 Å². The van der Waals surface area contributed by atoms with Gasteiger partial charge in [-0.2, -0.15) is 0 Å². The Bertz CT molecular complexity index is 1200. The van der Waals surface area contributed by atoms with Crippen LogP contribution in [0.15, 0.2) is 66.9 Å². The Hall–Kier alpha value is -3.41. The Morgan fingerprint density at radius 1 is 1.03 bits per heavy atom. The summed E-state index contributed by atoms with van der Waals surface area (Å²) in [5.74, 6) is -0.524. The van der Waals surface area contributed by atoms with Crippen LogP contribution in [0.2, 0.25) is 0 Å². The monoisotopic (exact) mass is 415 g/mol. The topological polar surface area (TPSA) is 54.3 Å². The number of fused-ring (bicyclic) bond motifs is 2. The van der Waals surface area contributed by atoms with Crippen LogP contribution >= 0.6 is 0 Å². The largest absolute Gasteiger partial charge is 0.340 e. The quantitative estimate of drug-likeness (QED) is 0.688. The highest BCUT2D eigenvalue weighted by Crippen LogP contribution is 2.55. The summed E-state index contributed by atoms with van der Waals surface area (Å²) < 4.78 is 15.8. The van der Waals surface area contributed by atoms with Crippen molar-refractivity contribution in [3.8, 4) is 0 Å². The molecular weight excluding hydrogens is 393 g/mol. The number of nitrogens with zero attached hydrogens (tertiary/aromatic N) is 2. The van der Waals surface area contributed by atoms with E-state index in [1.165, 1.54) is 12.1 Å². The summed E-state index contributed by atoms with van der Waals surface area (Å²) in [4.78, 5) is 29.0. The average molecular weight is 415 g/mol. The van der Waals surface area contributed by atoms with Gasteiger partial charge in [0.05, 0.1) is 6.04 Å². The van der Waals surface area contributed by atoms with Gasteiger partial charge < -0.3 is 14.8 Å². The molecule has 6 heteroatoms. The standard InChI is InChI=1S/C25H22FN3O2/c26-17-9-7-16(8-10-17)22-25(19-4-1-2-5-20(19)27-24(25)31)13-15-29(22)23(30)21-6-3-14-28(21)18-11-12-18/h1-10,14,18,22H,11-13,15H2,(H,27,31)/t22-,25+/m0/s1. The van der Waals surface area contributed by atoms with Gasteiger partial charge in [0, 0.05) is 24.5 Å². The van der Waals surface area contributed by atoms with Crippen molar-refractivity contribution in [1.82, 2.24) is 9.47 Å². The summed E-state index contributed by atoms with van der Waals surface area (Å²) in [6, 6.07) is 17.5. The van der Waals surface area contributed by atoms with E-state index in [4.69, 9.17) is 0 Å². The molecular formula is C25H22FN3O2. The van der Waals surface area contributed by atoms with Crippen LogP contribution in [0.1, 0.15) is 53.0 Å². The Balaban J connectivity index is 1.50. The number of benzene rings is 2. The summed E-state index contributed by atoms with van der Waals surface area (Å²) in [5, 5.41) is 3.02. The number of hydrogen-bond acceptors (Lipinski definition) is 2. The third kappa shape index (κ3) is 2.60. The van der Waals surface area contributed by atoms with Gasteiger partial charge in [-0.1, -0.05) is 30.3 Å². The maximum Gasteiger partial charge on any atom is 0.271 e. The lowest BCUT2D eigenvalue weighted by atomic mass is 9.72. The summed E-state index contributed by atoms with van der Waals surface area (Å²) >= 11 is 0. The highest BCUT2D eigenvalue weighted by molar-refractivity contribution is 6.08. The van der Waals surface area contributed by atoms with Crippen LogP contribution in [0.25, 0.3) is 0 Å². The Kier molecular flexibility index (Phi) is 3.88. The second-order valence-electron chi connectivity index (χ2n) is 8.71. The molecule has 2 aliphatic heterocycles. The highest BCUT2D eigenvalue weighted by atomic mass is 19.1. The van der Waals surface area contributed by atoms with Gasteiger partial charge in [-0.3, -0.25) is 9.59 Å². The van der Waals surface area contributed by atoms with Crippen molar-refractivity contribution in [1.29, 1.82) is 0 Å². The molecule has 2 amide bonds. The lowest BCUT2D eigenvalue weighted by Crippen LogP contribution is -2.43. The molecule has 156 valence electrons. The number of halogens is 1. The van der Waals surface area contributed by atoms with Gasteiger partial charge in [0.2, 0.25) is 5.91 Å². The van der Waals surface area contributed by atoms with Gasteiger partial charge in [-0.15, -0.1) is 0 Å². The number of likely N-dealkylation sites (tertiary alicyclic amines) is 1. The zero-order valence-corrected chi connectivity index (χ0v) is 16.9. The number of nitrogens with one attached hydrogen (secondary N) is 1. The molecule has 31 heavy (non-hydrogen) atoms. The molecule has 1 aliphatic carbocycles. The maximum absolute atomic E-state index is 13.8. The van der Waals surface area contributed by atoms with Crippen LogP contribution in [0.4, 0.5) is 10.1 Å². The second-order valence-corrected chi connectivity index (χ2v) is 8.71. The number of hydrogen-bond donors (Lipinski definition) is 1. The van der Waals surface area contributed by atoms with Crippen molar-refractivity contribution in [2.75, 3.05) is 11.9 Å². The van der Waals surface area contributed by atoms with Gasteiger partial charge in [-0.05, 0) is 60.7 Å². The fourth-order valence-electron chi connectivity index (χ4n) is 5.41. The SMILES string of the molecule is O=C(c1cccn1C1CC1)N1CC[C@]2(C(=O)Nc3ccccc32)[C@@H]1c1ccc(F)cc1. The van der Waals surface area contributed by atoms with E-state index < -0.39 is 11.5 Å². The van der Waals surface area contributed by atoms with Crippen LogP contribution in [0, 0.1) is 5.82 Å². The molecule has 1 saturated carbocycles. The van der Waals surface area contributed by atoms with E-state index in [1.807, 2.05) is 47.5 Å². The van der Waals surface area contributed by atoms with E-state index in [-0.39, 0.29) is 17.6 Å².